The lowest BCUT2D eigenvalue weighted by molar-refractivity contribution is -0.305. The number of fused-ring (bicyclic) bond motifs is 3. The minimum absolute atomic E-state index is 0.0573. The maximum Gasteiger partial charge on any atom is 0.303 e. The smallest absolute Gasteiger partial charge is 0.303 e. The average Bonchev–Trinajstić information content (AvgIpc) is 3.25. The summed E-state index contributed by atoms with van der Waals surface area (Å²) in [4.78, 5) is 11.6. The van der Waals surface area contributed by atoms with E-state index in [0.29, 0.717) is 36.5 Å². The van der Waals surface area contributed by atoms with E-state index in [1.54, 1.807) is 13.8 Å². The molecule has 3 aliphatic carbocycles. The van der Waals surface area contributed by atoms with Gasteiger partial charge >= 0.3 is 5.97 Å². The van der Waals surface area contributed by atoms with Gasteiger partial charge < -0.3 is 20.1 Å². The number of rotatable bonds is 6. The van der Waals surface area contributed by atoms with Crippen molar-refractivity contribution in [3.8, 4) is 0 Å². The summed E-state index contributed by atoms with van der Waals surface area (Å²) in [5.41, 5.74) is -0.323. The summed E-state index contributed by atoms with van der Waals surface area (Å²) in [6.45, 7) is 19.3. The highest BCUT2D eigenvalue weighted by atomic mass is 16.7. The van der Waals surface area contributed by atoms with Crippen LogP contribution in [0, 0.1) is 39.9 Å². The first-order valence-corrected chi connectivity index (χ1v) is 14.0. The lowest BCUT2D eigenvalue weighted by Gasteiger charge is -2.66. The number of allylic oxidation sites excluding steroid dienone is 1. The van der Waals surface area contributed by atoms with Gasteiger partial charge in [-0.2, -0.15) is 0 Å². The van der Waals surface area contributed by atoms with E-state index in [1.165, 1.54) is 5.57 Å². The lowest BCUT2D eigenvalue weighted by atomic mass is 9.38. The minimum atomic E-state index is -1.50. The van der Waals surface area contributed by atoms with E-state index >= 15 is 0 Å². The second kappa shape index (κ2) is 8.30. The topological polar surface area (TPSA) is 87.0 Å². The molecule has 4 fully saturated rings. The highest BCUT2D eigenvalue weighted by molar-refractivity contribution is 5.66. The van der Waals surface area contributed by atoms with Crippen LogP contribution >= 0.6 is 0 Å². The molecular formula is C30H50O5. The Morgan fingerprint density at radius 3 is 2.14 bits per heavy atom. The first kappa shape index (κ1) is 27.1. The number of aliphatic carboxylic acids is 1. The molecule has 5 nitrogen and oxygen atoms in total. The van der Waals surface area contributed by atoms with Crippen LogP contribution in [0.3, 0.4) is 0 Å². The molecule has 0 aromatic heterocycles. The predicted molar refractivity (Wildman–Crippen MR) is 138 cm³/mol. The summed E-state index contributed by atoms with van der Waals surface area (Å²) in [5.74, 6) is -0.513. The van der Waals surface area contributed by atoms with Gasteiger partial charge in [0.25, 0.3) is 0 Å². The molecule has 5 heteroatoms. The van der Waals surface area contributed by atoms with Crippen molar-refractivity contribution in [3.63, 3.8) is 0 Å². The molecule has 0 amide bonds. The van der Waals surface area contributed by atoms with E-state index in [9.17, 15) is 20.1 Å². The molecule has 1 saturated heterocycles. The second-order valence-electron chi connectivity index (χ2n) is 14.3. The van der Waals surface area contributed by atoms with Crippen molar-refractivity contribution in [1.29, 1.82) is 0 Å². The van der Waals surface area contributed by atoms with E-state index in [2.05, 4.69) is 41.2 Å². The Labute approximate surface area is 212 Å². The van der Waals surface area contributed by atoms with Gasteiger partial charge in [0.2, 0.25) is 0 Å². The number of aliphatic hydroxyl groups is 2. The van der Waals surface area contributed by atoms with Crippen LogP contribution < -0.4 is 0 Å². The van der Waals surface area contributed by atoms with Crippen LogP contribution in [0.2, 0.25) is 0 Å². The standard InChI is InChI=1S/C30H50O5/c1-19(2)20-11-16-28(7)23(26(20,5)14-13-24(31)32)10-9-21-22(12-15-27(21,28)6)29(8)17-18-30(34,35-29)25(3,4)33/h20-23,33-34H,1,9-18H2,2-8H3,(H,31,32)/t20-,21-,22+,23+,26+,27-,28-,29+,30-/m1/s1. The Balaban J connectivity index is 1.66. The molecule has 200 valence electrons. The fourth-order valence-electron chi connectivity index (χ4n) is 9.97. The summed E-state index contributed by atoms with van der Waals surface area (Å²) in [6, 6.07) is 0. The van der Waals surface area contributed by atoms with Gasteiger partial charge in [0.15, 0.2) is 5.79 Å². The zero-order valence-electron chi connectivity index (χ0n) is 23.2. The first-order chi connectivity index (χ1) is 15.9. The van der Waals surface area contributed by atoms with Crippen LogP contribution in [0.15, 0.2) is 12.2 Å². The number of carboxylic acid groups (broad SMARTS) is 1. The minimum Gasteiger partial charge on any atom is -0.481 e. The van der Waals surface area contributed by atoms with Crippen molar-refractivity contribution in [2.24, 2.45) is 39.9 Å². The molecule has 0 spiro atoms. The quantitative estimate of drug-likeness (QED) is 0.379. The fourth-order valence-corrected chi connectivity index (χ4v) is 9.97. The van der Waals surface area contributed by atoms with Gasteiger partial charge in [0.05, 0.1) is 5.60 Å². The third-order valence-corrected chi connectivity index (χ3v) is 12.2. The zero-order valence-corrected chi connectivity index (χ0v) is 23.2. The third kappa shape index (κ3) is 3.85. The molecule has 4 aliphatic rings. The summed E-state index contributed by atoms with van der Waals surface area (Å²) in [7, 11) is 0. The SMILES string of the molecule is C=C(C)[C@H]1CC[C@]2(C)[C@@H](CC[C@@H]3[C@@H]([C@]4(C)CC[C@](O)(C(C)(C)O)O4)CC[C@]32C)[C@@]1(C)CCC(=O)O. The number of carbonyl (C=O) groups is 1. The van der Waals surface area contributed by atoms with Crippen LogP contribution in [0.4, 0.5) is 0 Å². The van der Waals surface area contributed by atoms with Crippen LogP contribution in [0.1, 0.15) is 113 Å². The zero-order chi connectivity index (χ0) is 26.2. The van der Waals surface area contributed by atoms with E-state index in [4.69, 9.17) is 4.74 Å². The summed E-state index contributed by atoms with van der Waals surface area (Å²) in [5, 5.41) is 31.3. The monoisotopic (exact) mass is 490 g/mol. The third-order valence-electron chi connectivity index (χ3n) is 12.2. The van der Waals surface area contributed by atoms with Crippen LogP contribution in [0.5, 0.6) is 0 Å². The Hall–Kier alpha value is -0.910. The number of carboxylic acids is 1. The van der Waals surface area contributed by atoms with E-state index < -0.39 is 23.0 Å². The Morgan fingerprint density at radius 2 is 1.60 bits per heavy atom. The van der Waals surface area contributed by atoms with Gasteiger partial charge in [0.1, 0.15) is 5.60 Å². The molecule has 1 heterocycles. The first-order valence-electron chi connectivity index (χ1n) is 14.0. The predicted octanol–water partition coefficient (Wildman–Crippen LogP) is 6.32. The van der Waals surface area contributed by atoms with Gasteiger partial charge in [-0.05, 0) is 119 Å². The summed E-state index contributed by atoms with van der Waals surface area (Å²) in [6.07, 6.45) is 8.84. The maximum absolute atomic E-state index is 11.6. The number of ether oxygens (including phenoxy) is 1. The molecule has 0 aromatic carbocycles. The lowest BCUT2D eigenvalue weighted by Crippen LogP contribution is -2.60. The molecule has 9 atom stereocenters. The maximum atomic E-state index is 11.6. The van der Waals surface area contributed by atoms with Crippen molar-refractivity contribution < 1.29 is 24.9 Å². The van der Waals surface area contributed by atoms with Gasteiger partial charge in [-0.25, -0.2) is 0 Å². The highest BCUT2D eigenvalue weighted by Crippen LogP contribution is 2.74. The Morgan fingerprint density at radius 1 is 0.971 bits per heavy atom. The normalized spacial score (nSPS) is 50.0. The molecule has 1 aliphatic heterocycles. The Kier molecular flexibility index (Phi) is 6.43. The van der Waals surface area contributed by atoms with Gasteiger partial charge in [-0.1, -0.05) is 32.9 Å². The highest BCUT2D eigenvalue weighted by Gasteiger charge is 2.69. The average molecular weight is 491 g/mol. The molecule has 0 radical (unpaired) electrons. The summed E-state index contributed by atoms with van der Waals surface area (Å²) >= 11 is 0. The van der Waals surface area contributed by atoms with Crippen molar-refractivity contribution in [2.45, 2.75) is 130 Å². The molecule has 0 aromatic rings. The fraction of sp³-hybridized carbons (Fsp3) is 0.900. The molecule has 0 bridgehead atoms. The van der Waals surface area contributed by atoms with E-state index in [0.717, 1.165) is 44.9 Å². The van der Waals surface area contributed by atoms with Gasteiger partial charge in [0, 0.05) is 12.8 Å². The Bertz CT molecular complexity index is 876. The molecular weight excluding hydrogens is 440 g/mol. The van der Waals surface area contributed by atoms with E-state index in [-0.39, 0.29) is 22.7 Å². The van der Waals surface area contributed by atoms with Gasteiger partial charge in [-0.15, -0.1) is 0 Å². The number of hydrogen-bond acceptors (Lipinski definition) is 4. The van der Waals surface area contributed by atoms with Gasteiger partial charge in [-0.3, -0.25) is 4.79 Å². The second-order valence-corrected chi connectivity index (χ2v) is 14.3. The molecule has 35 heavy (non-hydrogen) atoms. The van der Waals surface area contributed by atoms with Crippen molar-refractivity contribution in [1.82, 2.24) is 0 Å². The molecule has 3 N–H and O–H groups in total. The number of hydrogen-bond donors (Lipinski definition) is 3. The van der Waals surface area contributed by atoms with E-state index in [1.807, 2.05) is 0 Å². The van der Waals surface area contributed by atoms with Crippen molar-refractivity contribution in [2.75, 3.05) is 0 Å². The largest absolute Gasteiger partial charge is 0.481 e. The van der Waals surface area contributed by atoms with Crippen LogP contribution in [0.25, 0.3) is 0 Å². The van der Waals surface area contributed by atoms with Crippen LogP contribution in [-0.4, -0.2) is 38.3 Å². The van der Waals surface area contributed by atoms with Crippen molar-refractivity contribution in [3.05, 3.63) is 12.2 Å². The molecule has 4 rings (SSSR count). The van der Waals surface area contributed by atoms with Crippen LogP contribution in [-0.2, 0) is 9.53 Å². The van der Waals surface area contributed by atoms with Crippen molar-refractivity contribution >= 4 is 5.97 Å². The molecule has 3 saturated carbocycles. The summed E-state index contributed by atoms with van der Waals surface area (Å²) < 4.78 is 6.43. The molecule has 0 unspecified atom stereocenters.